The summed E-state index contributed by atoms with van der Waals surface area (Å²) in [5.41, 5.74) is 0.855. The number of para-hydroxylation sites is 1. The fourth-order valence-electron chi connectivity index (χ4n) is 2.78. The monoisotopic (exact) mass is 300 g/mol. The Morgan fingerprint density at radius 1 is 1.14 bits per heavy atom. The van der Waals surface area contributed by atoms with Crippen molar-refractivity contribution in [3.63, 3.8) is 0 Å². The molecular formula is C17H20N2O3. The number of nitrogens with zero attached hydrogens (tertiary/aromatic N) is 2. The Kier molecular flexibility index (Phi) is 4.15. The van der Waals surface area contributed by atoms with Gasteiger partial charge >= 0.3 is 0 Å². The minimum absolute atomic E-state index is 0.268. The smallest absolute Gasteiger partial charge is 0.227 e. The maximum atomic E-state index is 11.6. The highest BCUT2D eigenvalue weighted by atomic mass is 16.4. The summed E-state index contributed by atoms with van der Waals surface area (Å²) in [5.74, 6) is 0.620. The third kappa shape index (κ3) is 3.14. The predicted octanol–water partition coefficient (Wildman–Crippen LogP) is 1.98. The van der Waals surface area contributed by atoms with Crippen molar-refractivity contribution in [3.8, 4) is 5.75 Å². The van der Waals surface area contributed by atoms with E-state index in [1.54, 1.807) is 6.92 Å². The molecule has 0 bridgehead atoms. The molecule has 2 aromatic rings. The molecule has 2 heterocycles. The molecule has 0 atom stereocenters. The molecule has 1 aliphatic heterocycles. The van der Waals surface area contributed by atoms with Gasteiger partial charge in [0.1, 0.15) is 5.76 Å². The third-order valence-electron chi connectivity index (χ3n) is 3.98. The average Bonchev–Trinajstić information content (AvgIpc) is 2.54. The van der Waals surface area contributed by atoms with Crippen molar-refractivity contribution in [2.75, 3.05) is 31.1 Å². The van der Waals surface area contributed by atoms with Crippen LogP contribution in [0, 0.1) is 6.92 Å². The summed E-state index contributed by atoms with van der Waals surface area (Å²) in [6.45, 7) is 5.75. The molecule has 1 N–H and O–H groups in total. The van der Waals surface area contributed by atoms with Crippen LogP contribution in [0.2, 0.25) is 0 Å². The van der Waals surface area contributed by atoms with E-state index in [1.165, 1.54) is 11.8 Å². The Labute approximate surface area is 129 Å². The summed E-state index contributed by atoms with van der Waals surface area (Å²) < 4.78 is 5.50. The van der Waals surface area contributed by atoms with E-state index in [2.05, 4.69) is 21.9 Å². The zero-order valence-electron chi connectivity index (χ0n) is 12.7. The van der Waals surface area contributed by atoms with Crippen molar-refractivity contribution in [3.05, 3.63) is 58.1 Å². The van der Waals surface area contributed by atoms with Crippen LogP contribution in [0.1, 0.15) is 11.5 Å². The fourth-order valence-corrected chi connectivity index (χ4v) is 2.78. The number of aromatic hydroxyl groups is 1. The molecular weight excluding hydrogens is 280 g/mol. The van der Waals surface area contributed by atoms with Crippen molar-refractivity contribution in [2.45, 2.75) is 13.5 Å². The Hall–Kier alpha value is -2.27. The van der Waals surface area contributed by atoms with E-state index in [9.17, 15) is 9.90 Å². The van der Waals surface area contributed by atoms with Gasteiger partial charge in [-0.3, -0.25) is 9.69 Å². The highest BCUT2D eigenvalue weighted by molar-refractivity contribution is 5.46. The molecule has 1 saturated heterocycles. The van der Waals surface area contributed by atoms with Crippen LogP contribution >= 0.6 is 0 Å². The van der Waals surface area contributed by atoms with Gasteiger partial charge in [-0.05, 0) is 19.1 Å². The van der Waals surface area contributed by atoms with Crippen molar-refractivity contribution >= 4 is 5.69 Å². The van der Waals surface area contributed by atoms with E-state index in [0.717, 1.165) is 26.2 Å². The quantitative estimate of drug-likeness (QED) is 0.939. The summed E-state index contributed by atoms with van der Waals surface area (Å²) in [7, 11) is 0. The molecule has 0 spiro atoms. The molecule has 0 saturated carbocycles. The topological polar surface area (TPSA) is 56.9 Å². The number of hydrogen-bond acceptors (Lipinski definition) is 5. The zero-order chi connectivity index (χ0) is 15.5. The van der Waals surface area contributed by atoms with Gasteiger partial charge in [0, 0.05) is 37.9 Å². The molecule has 0 radical (unpaired) electrons. The average molecular weight is 300 g/mol. The van der Waals surface area contributed by atoms with Gasteiger partial charge in [0.2, 0.25) is 11.2 Å². The molecule has 3 rings (SSSR count). The van der Waals surface area contributed by atoms with Crippen LogP contribution in [0.5, 0.6) is 5.75 Å². The van der Waals surface area contributed by atoms with Crippen molar-refractivity contribution in [1.29, 1.82) is 0 Å². The van der Waals surface area contributed by atoms with E-state index in [-0.39, 0.29) is 11.2 Å². The number of piperazine rings is 1. The molecule has 0 unspecified atom stereocenters. The maximum absolute atomic E-state index is 11.6. The molecule has 5 nitrogen and oxygen atoms in total. The molecule has 1 aromatic carbocycles. The van der Waals surface area contributed by atoms with Crippen LogP contribution in [0.4, 0.5) is 5.69 Å². The second-order valence-electron chi connectivity index (χ2n) is 5.59. The SMILES string of the molecule is Cc1cc(=O)c(O)c(CN2CCN(c3ccccc3)CC2)o1. The lowest BCUT2D eigenvalue weighted by Gasteiger charge is -2.35. The molecule has 22 heavy (non-hydrogen) atoms. The first-order valence-electron chi connectivity index (χ1n) is 7.48. The fraction of sp³-hybridized carbons (Fsp3) is 0.353. The molecule has 1 aliphatic rings. The summed E-state index contributed by atoms with van der Waals surface area (Å²) in [6.07, 6.45) is 0. The lowest BCUT2D eigenvalue weighted by atomic mass is 10.2. The Balaban J connectivity index is 1.64. The number of hydrogen-bond donors (Lipinski definition) is 1. The van der Waals surface area contributed by atoms with E-state index in [4.69, 9.17) is 4.42 Å². The van der Waals surface area contributed by atoms with E-state index in [0.29, 0.717) is 18.1 Å². The number of anilines is 1. The van der Waals surface area contributed by atoms with Crippen LogP contribution in [0.15, 0.2) is 45.6 Å². The summed E-state index contributed by atoms with van der Waals surface area (Å²) in [5, 5.41) is 9.84. The number of benzene rings is 1. The zero-order valence-corrected chi connectivity index (χ0v) is 12.7. The Morgan fingerprint density at radius 2 is 1.82 bits per heavy atom. The lowest BCUT2D eigenvalue weighted by molar-refractivity contribution is 0.220. The maximum Gasteiger partial charge on any atom is 0.227 e. The highest BCUT2D eigenvalue weighted by Crippen LogP contribution is 2.19. The summed E-state index contributed by atoms with van der Waals surface area (Å²) in [6, 6.07) is 11.6. The largest absolute Gasteiger partial charge is 0.502 e. The second-order valence-corrected chi connectivity index (χ2v) is 5.59. The van der Waals surface area contributed by atoms with Gasteiger partial charge in [-0.25, -0.2) is 0 Å². The second kappa shape index (κ2) is 6.23. The highest BCUT2D eigenvalue weighted by Gasteiger charge is 2.20. The van der Waals surface area contributed by atoms with Gasteiger partial charge in [0.15, 0.2) is 5.76 Å². The predicted molar refractivity (Wildman–Crippen MR) is 85.3 cm³/mol. The third-order valence-corrected chi connectivity index (χ3v) is 3.98. The first kappa shape index (κ1) is 14.7. The molecule has 0 amide bonds. The Morgan fingerprint density at radius 3 is 2.50 bits per heavy atom. The van der Waals surface area contributed by atoms with Crippen molar-refractivity contribution < 1.29 is 9.52 Å². The van der Waals surface area contributed by atoms with Gasteiger partial charge in [-0.1, -0.05) is 18.2 Å². The summed E-state index contributed by atoms with van der Waals surface area (Å²) in [4.78, 5) is 16.1. The van der Waals surface area contributed by atoms with Crippen LogP contribution in [0.3, 0.4) is 0 Å². The lowest BCUT2D eigenvalue weighted by Crippen LogP contribution is -2.46. The molecule has 1 aromatic heterocycles. The minimum atomic E-state index is -0.373. The number of rotatable bonds is 3. The minimum Gasteiger partial charge on any atom is -0.502 e. The van der Waals surface area contributed by atoms with E-state index in [1.807, 2.05) is 18.2 Å². The first-order valence-corrected chi connectivity index (χ1v) is 7.48. The summed E-state index contributed by atoms with van der Waals surface area (Å²) >= 11 is 0. The molecule has 1 fully saturated rings. The van der Waals surface area contributed by atoms with Gasteiger partial charge in [-0.2, -0.15) is 0 Å². The van der Waals surface area contributed by atoms with E-state index >= 15 is 0 Å². The van der Waals surface area contributed by atoms with Crippen LogP contribution < -0.4 is 10.3 Å². The van der Waals surface area contributed by atoms with Crippen LogP contribution in [0.25, 0.3) is 0 Å². The van der Waals surface area contributed by atoms with Gasteiger partial charge in [-0.15, -0.1) is 0 Å². The van der Waals surface area contributed by atoms with Gasteiger partial charge < -0.3 is 14.4 Å². The van der Waals surface area contributed by atoms with Gasteiger partial charge in [0.05, 0.1) is 6.54 Å². The van der Waals surface area contributed by atoms with Crippen molar-refractivity contribution in [2.24, 2.45) is 0 Å². The normalized spacial score (nSPS) is 16.0. The first-order chi connectivity index (χ1) is 10.6. The number of aryl methyl sites for hydroxylation is 1. The van der Waals surface area contributed by atoms with Gasteiger partial charge in [0.25, 0.3) is 0 Å². The molecule has 116 valence electrons. The van der Waals surface area contributed by atoms with Crippen molar-refractivity contribution in [1.82, 2.24) is 4.90 Å². The van der Waals surface area contributed by atoms with Crippen LogP contribution in [-0.2, 0) is 6.54 Å². The standard InChI is InChI=1S/C17H20N2O3/c1-13-11-15(20)17(21)16(22-13)12-18-7-9-19(10-8-18)14-5-3-2-4-6-14/h2-6,11,21H,7-10,12H2,1H3. The molecule has 5 heteroatoms. The molecule has 0 aliphatic carbocycles. The van der Waals surface area contributed by atoms with Crippen LogP contribution in [-0.4, -0.2) is 36.2 Å². The Bertz CT molecular complexity index is 689. The van der Waals surface area contributed by atoms with E-state index < -0.39 is 0 Å².